The standard InChI is InChI=1S/C17H25N3O3/c1-17(2,3)23-16(22)13-7-5-6-10-20(13)15(21)12-8-9-14(18-4)19-11-12/h8-9,11,13H,5-7,10H2,1-4H3,(H,18,19). The van der Waals surface area contributed by atoms with Gasteiger partial charge in [-0.05, 0) is 52.2 Å². The maximum absolute atomic E-state index is 12.7. The molecule has 0 aliphatic carbocycles. The number of carbonyl (C=O) groups excluding carboxylic acids is 2. The van der Waals surface area contributed by atoms with Gasteiger partial charge in [-0.3, -0.25) is 4.79 Å². The van der Waals surface area contributed by atoms with E-state index in [1.807, 2.05) is 20.8 Å². The maximum Gasteiger partial charge on any atom is 0.329 e. The predicted octanol–water partition coefficient (Wildman–Crippen LogP) is 2.46. The van der Waals surface area contributed by atoms with Crippen LogP contribution in [0.3, 0.4) is 0 Å². The fraction of sp³-hybridized carbons (Fsp3) is 0.588. The third-order valence-corrected chi connectivity index (χ3v) is 3.71. The summed E-state index contributed by atoms with van der Waals surface area (Å²) in [6, 6.07) is 2.96. The number of likely N-dealkylation sites (tertiary alicyclic amines) is 1. The van der Waals surface area contributed by atoms with E-state index in [0.29, 0.717) is 24.3 Å². The van der Waals surface area contributed by atoms with Crippen LogP contribution in [0.2, 0.25) is 0 Å². The monoisotopic (exact) mass is 319 g/mol. The molecule has 0 saturated carbocycles. The third-order valence-electron chi connectivity index (χ3n) is 3.71. The number of esters is 1. The van der Waals surface area contributed by atoms with Crippen LogP contribution >= 0.6 is 0 Å². The van der Waals surface area contributed by atoms with Crippen LogP contribution in [0.25, 0.3) is 0 Å². The van der Waals surface area contributed by atoms with E-state index < -0.39 is 11.6 Å². The van der Waals surface area contributed by atoms with Crippen LogP contribution in [-0.4, -0.2) is 47.0 Å². The van der Waals surface area contributed by atoms with Crippen molar-refractivity contribution < 1.29 is 14.3 Å². The summed E-state index contributed by atoms with van der Waals surface area (Å²) in [5, 5.41) is 2.92. The van der Waals surface area contributed by atoms with Crippen molar-refractivity contribution in [3.05, 3.63) is 23.9 Å². The highest BCUT2D eigenvalue weighted by atomic mass is 16.6. The zero-order chi connectivity index (χ0) is 17.0. The van der Waals surface area contributed by atoms with Gasteiger partial charge in [0.15, 0.2) is 0 Å². The van der Waals surface area contributed by atoms with Gasteiger partial charge in [0, 0.05) is 19.8 Å². The van der Waals surface area contributed by atoms with E-state index in [4.69, 9.17) is 4.74 Å². The van der Waals surface area contributed by atoms with E-state index in [2.05, 4.69) is 10.3 Å². The lowest BCUT2D eigenvalue weighted by molar-refractivity contribution is -0.161. The van der Waals surface area contributed by atoms with E-state index in [1.54, 1.807) is 24.1 Å². The molecule has 1 aliphatic rings. The summed E-state index contributed by atoms with van der Waals surface area (Å²) in [6.45, 7) is 6.07. The molecule has 23 heavy (non-hydrogen) atoms. The van der Waals surface area contributed by atoms with Crippen LogP contribution in [-0.2, 0) is 9.53 Å². The highest BCUT2D eigenvalue weighted by Crippen LogP contribution is 2.23. The summed E-state index contributed by atoms with van der Waals surface area (Å²) in [6.07, 6.45) is 4.00. The molecule has 0 aromatic carbocycles. The third kappa shape index (κ3) is 4.43. The summed E-state index contributed by atoms with van der Waals surface area (Å²) >= 11 is 0. The molecule has 0 spiro atoms. The van der Waals surface area contributed by atoms with Gasteiger partial charge in [0.1, 0.15) is 17.5 Å². The molecule has 2 rings (SSSR count). The molecule has 1 aromatic rings. The average Bonchev–Trinajstić information content (AvgIpc) is 2.52. The Bertz CT molecular complexity index is 563. The number of ether oxygens (including phenoxy) is 1. The Morgan fingerprint density at radius 3 is 2.61 bits per heavy atom. The van der Waals surface area contributed by atoms with Crippen molar-refractivity contribution in [2.45, 2.75) is 51.7 Å². The average molecular weight is 319 g/mol. The summed E-state index contributed by atoms with van der Waals surface area (Å²) in [7, 11) is 1.77. The van der Waals surface area contributed by atoms with Crippen molar-refractivity contribution in [2.75, 3.05) is 18.9 Å². The Hall–Kier alpha value is -2.11. The number of carbonyl (C=O) groups is 2. The fourth-order valence-corrected chi connectivity index (χ4v) is 2.62. The minimum atomic E-state index is -0.556. The summed E-state index contributed by atoms with van der Waals surface area (Å²) in [4.78, 5) is 30.9. The van der Waals surface area contributed by atoms with Crippen molar-refractivity contribution >= 4 is 17.7 Å². The second-order valence-corrected chi connectivity index (χ2v) is 6.73. The first-order valence-electron chi connectivity index (χ1n) is 7.99. The van der Waals surface area contributed by atoms with Crippen molar-refractivity contribution in [3.63, 3.8) is 0 Å². The van der Waals surface area contributed by atoms with Gasteiger partial charge in [-0.1, -0.05) is 0 Å². The molecule has 1 saturated heterocycles. The van der Waals surface area contributed by atoms with Gasteiger partial charge in [-0.25, -0.2) is 9.78 Å². The Balaban J connectivity index is 2.16. The van der Waals surface area contributed by atoms with Gasteiger partial charge in [-0.15, -0.1) is 0 Å². The molecule has 1 atom stereocenters. The number of pyridine rings is 1. The van der Waals surface area contributed by atoms with Crippen LogP contribution in [0.15, 0.2) is 18.3 Å². The second-order valence-electron chi connectivity index (χ2n) is 6.73. The Labute approximate surface area is 137 Å². The predicted molar refractivity (Wildman–Crippen MR) is 88.3 cm³/mol. The molecular formula is C17H25N3O3. The van der Waals surface area contributed by atoms with Gasteiger partial charge in [0.2, 0.25) is 0 Å². The number of hydrogen-bond acceptors (Lipinski definition) is 5. The van der Waals surface area contributed by atoms with Gasteiger partial charge < -0.3 is 15.0 Å². The van der Waals surface area contributed by atoms with Crippen LogP contribution in [0.5, 0.6) is 0 Å². The lowest BCUT2D eigenvalue weighted by atomic mass is 10.0. The molecule has 126 valence electrons. The first-order valence-corrected chi connectivity index (χ1v) is 7.99. The number of rotatable bonds is 3. The van der Waals surface area contributed by atoms with Gasteiger partial charge >= 0.3 is 5.97 Å². The van der Waals surface area contributed by atoms with E-state index in [1.165, 1.54) is 6.20 Å². The second kappa shape index (κ2) is 6.98. The zero-order valence-electron chi connectivity index (χ0n) is 14.3. The van der Waals surface area contributed by atoms with Crippen LogP contribution in [0.1, 0.15) is 50.4 Å². The van der Waals surface area contributed by atoms with E-state index >= 15 is 0 Å². The number of amides is 1. The molecule has 6 nitrogen and oxygen atoms in total. The molecule has 2 heterocycles. The Morgan fingerprint density at radius 2 is 2.04 bits per heavy atom. The van der Waals surface area contributed by atoms with Gasteiger partial charge in [0.25, 0.3) is 5.91 Å². The molecule has 1 aliphatic heterocycles. The number of piperidine rings is 1. The lowest BCUT2D eigenvalue weighted by Gasteiger charge is -2.35. The lowest BCUT2D eigenvalue weighted by Crippen LogP contribution is -2.50. The maximum atomic E-state index is 12.7. The van der Waals surface area contributed by atoms with Crippen molar-refractivity contribution in [1.29, 1.82) is 0 Å². The summed E-state index contributed by atoms with van der Waals surface area (Å²) in [5.41, 5.74) is -0.0707. The first kappa shape index (κ1) is 17.2. The Kier molecular flexibility index (Phi) is 5.23. The molecule has 1 aromatic heterocycles. The molecule has 0 radical (unpaired) electrons. The number of nitrogens with zero attached hydrogens (tertiary/aromatic N) is 2. The van der Waals surface area contributed by atoms with Crippen LogP contribution in [0.4, 0.5) is 5.82 Å². The van der Waals surface area contributed by atoms with Crippen molar-refractivity contribution in [2.24, 2.45) is 0 Å². The zero-order valence-corrected chi connectivity index (χ0v) is 14.3. The molecule has 0 bridgehead atoms. The molecule has 1 N–H and O–H groups in total. The molecule has 1 fully saturated rings. The minimum Gasteiger partial charge on any atom is -0.458 e. The number of anilines is 1. The number of aromatic nitrogens is 1. The van der Waals surface area contributed by atoms with E-state index in [9.17, 15) is 9.59 Å². The smallest absolute Gasteiger partial charge is 0.329 e. The first-order chi connectivity index (χ1) is 10.8. The largest absolute Gasteiger partial charge is 0.458 e. The molecule has 1 amide bonds. The fourth-order valence-electron chi connectivity index (χ4n) is 2.62. The van der Waals surface area contributed by atoms with E-state index in [0.717, 1.165) is 12.8 Å². The highest BCUT2D eigenvalue weighted by molar-refractivity contribution is 5.96. The quantitative estimate of drug-likeness (QED) is 0.867. The van der Waals surface area contributed by atoms with E-state index in [-0.39, 0.29) is 11.9 Å². The normalized spacial score (nSPS) is 18.4. The Morgan fingerprint density at radius 1 is 1.30 bits per heavy atom. The minimum absolute atomic E-state index is 0.171. The van der Waals surface area contributed by atoms with Crippen LogP contribution < -0.4 is 5.32 Å². The van der Waals surface area contributed by atoms with Crippen molar-refractivity contribution in [3.8, 4) is 0 Å². The van der Waals surface area contributed by atoms with Gasteiger partial charge in [-0.2, -0.15) is 0 Å². The summed E-state index contributed by atoms with van der Waals surface area (Å²) < 4.78 is 5.47. The molecular weight excluding hydrogens is 294 g/mol. The van der Waals surface area contributed by atoms with Gasteiger partial charge in [0.05, 0.1) is 5.56 Å². The highest BCUT2D eigenvalue weighted by Gasteiger charge is 2.35. The number of nitrogens with one attached hydrogen (secondary N) is 1. The SMILES string of the molecule is CNc1ccc(C(=O)N2CCCCC2C(=O)OC(C)(C)C)cn1. The van der Waals surface area contributed by atoms with Crippen molar-refractivity contribution in [1.82, 2.24) is 9.88 Å². The number of hydrogen-bond donors (Lipinski definition) is 1. The summed E-state index contributed by atoms with van der Waals surface area (Å²) in [5.74, 6) is 0.199. The molecule has 1 unspecified atom stereocenters. The molecule has 6 heteroatoms. The van der Waals surface area contributed by atoms with Crippen LogP contribution in [0, 0.1) is 0 Å². The topological polar surface area (TPSA) is 71.5 Å².